The Bertz CT molecular complexity index is 762. The molecule has 0 aromatic heterocycles. The molecule has 108 valence electrons. The van der Waals surface area contributed by atoms with Crippen molar-refractivity contribution in [3.63, 3.8) is 0 Å². The summed E-state index contributed by atoms with van der Waals surface area (Å²) in [4.78, 5) is 0.191. The van der Waals surface area contributed by atoms with Gasteiger partial charge in [0.2, 0.25) is 0 Å². The van der Waals surface area contributed by atoms with E-state index < -0.39 is 10.0 Å². The molecule has 0 heterocycles. The summed E-state index contributed by atoms with van der Waals surface area (Å²) in [6.45, 7) is 1.80. The van der Waals surface area contributed by atoms with Gasteiger partial charge < -0.3 is 4.74 Å². The summed E-state index contributed by atoms with van der Waals surface area (Å²) in [6.07, 6.45) is 0. The van der Waals surface area contributed by atoms with Gasteiger partial charge in [0.25, 0.3) is 10.0 Å². The summed E-state index contributed by atoms with van der Waals surface area (Å²) >= 11 is 0. The SMILES string of the molecule is Cc1ccc(S(=O)(=O)Nc2cccc(OCC#N)c2)cc1. The summed E-state index contributed by atoms with van der Waals surface area (Å²) in [5, 5.41) is 8.47. The van der Waals surface area contributed by atoms with Crippen molar-refractivity contribution in [3.05, 3.63) is 54.1 Å². The number of aryl methyl sites for hydroxylation is 1. The van der Waals surface area contributed by atoms with Gasteiger partial charge in [0, 0.05) is 6.07 Å². The fraction of sp³-hybridized carbons (Fsp3) is 0.133. The highest BCUT2D eigenvalue weighted by atomic mass is 32.2. The minimum Gasteiger partial charge on any atom is -0.479 e. The highest BCUT2D eigenvalue weighted by Crippen LogP contribution is 2.21. The summed E-state index contributed by atoms with van der Waals surface area (Å²) in [6, 6.07) is 14.9. The quantitative estimate of drug-likeness (QED) is 0.921. The van der Waals surface area contributed by atoms with E-state index in [1.54, 1.807) is 42.5 Å². The molecule has 2 rings (SSSR count). The molecule has 6 heteroatoms. The number of benzene rings is 2. The Kier molecular flexibility index (Phi) is 4.45. The normalized spacial score (nSPS) is 10.7. The van der Waals surface area contributed by atoms with Crippen LogP contribution in [-0.4, -0.2) is 15.0 Å². The molecule has 0 amide bonds. The predicted octanol–water partition coefficient (Wildman–Crippen LogP) is 2.70. The standard InChI is InChI=1S/C15H14N2O3S/c1-12-5-7-15(8-6-12)21(18,19)17-13-3-2-4-14(11-13)20-10-9-16/h2-8,11,17H,10H2,1H3. The summed E-state index contributed by atoms with van der Waals surface area (Å²) in [5.74, 6) is 0.431. The maximum absolute atomic E-state index is 12.2. The number of nitriles is 1. The maximum Gasteiger partial charge on any atom is 0.261 e. The first-order valence-electron chi connectivity index (χ1n) is 6.20. The third-order valence-corrected chi connectivity index (χ3v) is 4.12. The number of nitrogens with zero attached hydrogens (tertiary/aromatic N) is 1. The fourth-order valence-electron chi connectivity index (χ4n) is 1.70. The maximum atomic E-state index is 12.2. The van der Waals surface area contributed by atoms with E-state index in [1.165, 1.54) is 6.07 Å². The van der Waals surface area contributed by atoms with Crippen molar-refractivity contribution in [2.24, 2.45) is 0 Å². The number of sulfonamides is 1. The van der Waals surface area contributed by atoms with Gasteiger partial charge in [-0.15, -0.1) is 0 Å². The summed E-state index contributed by atoms with van der Waals surface area (Å²) in [5.41, 5.74) is 1.37. The first kappa shape index (κ1) is 14.9. The van der Waals surface area contributed by atoms with Gasteiger partial charge in [0.15, 0.2) is 6.61 Å². The number of anilines is 1. The molecule has 2 aromatic carbocycles. The highest BCUT2D eigenvalue weighted by Gasteiger charge is 2.13. The average Bonchev–Trinajstić information content (AvgIpc) is 2.45. The first-order chi connectivity index (χ1) is 10.0. The second-order valence-electron chi connectivity index (χ2n) is 4.39. The first-order valence-corrected chi connectivity index (χ1v) is 7.69. The van der Waals surface area contributed by atoms with Crippen LogP contribution < -0.4 is 9.46 Å². The van der Waals surface area contributed by atoms with Crippen molar-refractivity contribution in [2.45, 2.75) is 11.8 Å². The molecule has 0 saturated carbocycles. The number of nitrogens with one attached hydrogen (secondary N) is 1. The molecule has 5 nitrogen and oxygen atoms in total. The van der Waals surface area contributed by atoms with E-state index in [0.29, 0.717) is 11.4 Å². The Labute approximate surface area is 123 Å². The van der Waals surface area contributed by atoms with Gasteiger partial charge in [0.05, 0.1) is 10.6 Å². The van der Waals surface area contributed by atoms with Crippen LogP contribution in [-0.2, 0) is 10.0 Å². The molecular formula is C15H14N2O3S. The molecule has 0 unspecified atom stereocenters. The van der Waals surface area contributed by atoms with E-state index in [2.05, 4.69) is 4.72 Å². The second-order valence-corrected chi connectivity index (χ2v) is 6.08. The molecule has 0 fully saturated rings. The van der Waals surface area contributed by atoms with E-state index >= 15 is 0 Å². The molecule has 0 radical (unpaired) electrons. The lowest BCUT2D eigenvalue weighted by atomic mass is 10.2. The van der Waals surface area contributed by atoms with Crippen molar-refractivity contribution in [2.75, 3.05) is 11.3 Å². The largest absolute Gasteiger partial charge is 0.479 e. The molecule has 21 heavy (non-hydrogen) atoms. The van der Waals surface area contributed by atoms with Crippen molar-refractivity contribution >= 4 is 15.7 Å². The van der Waals surface area contributed by atoms with Crippen LogP contribution in [0.1, 0.15) is 5.56 Å². The second kappa shape index (κ2) is 6.29. The number of hydrogen-bond acceptors (Lipinski definition) is 4. The average molecular weight is 302 g/mol. The lowest BCUT2D eigenvalue weighted by molar-refractivity contribution is 0.368. The Hall–Kier alpha value is -2.52. The number of ether oxygens (including phenoxy) is 1. The Morgan fingerprint density at radius 2 is 1.90 bits per heavy atom. The van der Waals surface area contributed by atoms with Crippen molar-refractivity contribution in [1.82, 2.24) is 0 Å². The molecule has 0 spiro atoms. The van der Waals surface area contributed by atoms with Crippen LogP contribution in [0.25, 0.3) is 0 Å². The summed E-state index contributed by atoms with van der Waals surface area (Å²) in [7, 11) is -3.64. The minimum atomic E-state index is -3.64. The van der Waals surface area contributed by atoms with Crippen LogP contribution in [0.5, 0.6) is 5.75 Å². The molecule has 2 aromatic rings. The molecule has 0 aliphatic carbocycles. The Morgan fingerprint density at radius 3 is 2.57 bits per heavy atom. The molecule has 0 bridgehead atoms. The van der Waals surface area contributed by atoms with Gasteiger partial charge in [-0.25, -0.2) is 8.42 Å². The van der Waals surface area contributed by atoms with E-state index in [-0.39, 0.29) is 11.5 Å². The van der Waals surface area contributed by atoms with Crippen molar-refractivity contribution < 1.29 is 13.2 Å². The Balaban J connectivity index is 2.20. The smallest absolute Gasteiger partial charge is 0.261 e. The van der Waals surface area contributed by atoms with Gasteiger partial charge in [0.1, 0.15) is 11.8 Å². The molecule has 0 saturated heterocycles. The topological polar surface area (TPSA) is 79.2 Å². The van der Waals surface area contributed by atoms with Crippen molar-refractivity contribution in [3.8, 4) is 11.8 Å². The van der Waals surface area contributed by atoms with Crippen LogP contribution in [0.2, 0.25) is 0 Å². The zero-order valence-corrected chi connectivity index (χ0v) is 12.2. The van der Waals surface area contributed by atoms with E-state index in [1.807, 2.05) is 13.0 Å². The molecule has 1 N–H and O–H groups in total. The fourth-order valence-corrected chi connectivity index (χ4v) is 2.75. The minimum absolute atomic E-state index is 0.0891. The zero-order chi connectivity index (χ0) is 15.3. The van der Waals surface area contributed by atoms with Crippen LogP contribution in [0.4, 0.5) is 5.69 Å². The zero-order valence-electron chi connectivity index (χ0n) is 11.4. The van der Waals surface area contributed by atoms with Gasteiger partial charge in [-0.05, 0) is 31.2 Å². The van der Waals surface area contributed by atoms with Crippen LogP contribution in [0.15, 0.2) is 53.4 Å². The molecule has 0 atom stereocenters. The van der Waals surface area contributed by atoms with Crippen LogP contribution in [0.3, 0.4) is 0 Å². The van der Waals surface area contributed by atoms with Gasteiger partial charge in [-0.3, -0.25) is 4.72 Å². The van der Waals surface area contributed by atoms with Crippen LogP contribution in [0, 0.1) is 18.3 Å². The van der Waals surface area contributed by atoms with Gasteiger partial charge >= 0.3 is 0 Å². The van der Waals surface area contributed by atoms with Gasteiger partial charge in [-0.2, -0.15) is 5.26 Å². The van der Waals surface area contributed by atoms with E-state index in [9.17, 15) is 8.42 Å². The lowest BCUT2D eigenvalue weighted by Crippen LogP contribution is -2.12. The predicted molar refractivity (Wildman–Crippen MR) is 79.5 cm³/mol. The molecule has 0 aliphatic rings. The monoisotopic (exact) mass is 302 g/mol. The summed E-state index contributed by atoms with van der Waals surface area (Å²) < 4.78 is 32.1. The number of hydrogen-bond donors (Lipinski definition) is 1. The molecule has 0 aliphatic heterocycles. The van der Waals surface area contributed by atoms with Gasteiger partial charge in [-0.1, -0.05) is 23.8 Å². The van der Waals surface area contributed by atoms with Crippen LogP contribution >= 0.6 is 0 Å². The van der Waals surface area contributed by atoms with E-state index in [4.69, 9.17) is 10.00 Å². The highest BCUT2D eigenvalue weighted by molar-refractivity contribution is 7.92. The third-order valence-electron chi connectivity index (χ3n) is 2.72. The third kappa shape index (κ3) is 3.97. The lowest BCUT2D eigenvalue weighted by Gasteiger charge is -2.09. The van der Waals surface area contributed by atoms with E-state index in [0.717, 1.165) is 5.56 Å². The Morgan fingerprint density at radius 1 is 1.19 bits per heavy atom. The number of rotatable bonds is 5. The molecular weight excluding hydrogens is 288 g/mol. The van der Waals surface area contributed by atoms with Crippen molar-refractivity contribution in [1.29, 1.82) is 5.26 Å².